The molecule has 0 bridgehead atoms. The summed E-state index contributed by atoms with van der Waals surface area (Å²) in [5.41, 5.74) is 2.50. The van der Waals surface area contributed by atoms with Crippen LogP contribution in [0.2, 0.25) is 0 Å². The highest BCUT2D eigenvalue weighted by molar-refractivity contribution is 8.22. The molecule has 0 fully saturated rings. The summed E-state index contributed by atoms with van der Waals surface area (Å²) in [6.45, 7) is 0.798. The molecule has 22 heavy (non-hydrogen) atoms. The lowest BCUT2D eigenvalue weighted by Gasteiger charge is -2.11. The molecule has 2 rings (SSSR count). The fourth-order valence-electron chi connectivity index (χ4n) is 1.94. The van der Waals surface area contributed by atoms with Crippen LogP contribution in [0.3, 0.4) is 0 Å². The van der Waals surface area contributed by atoms with Crippen LogP contribution in [0, 0.1) is 0 Å². The van der Waals surface area contributed by atoms with Crippen molar-refractivity contribution in [1.29, 1.82) is 0 Å². The van der Waals surface area contributed by atoms with E-state index >= 15 is 0 Å². The van der Waals surface area contributed by atoms with Gasteiger partial charge in [0.25, 0.3) is 5.91 Å². The van der Waals surface area contributed by atoms with Crippen molar-refractivity contribution < 1.29 is 9.53 Å². The predicted octanol–water partition coefficient (Wildman–Crippen LogP) is 3.78. The number of thiocarbonyl (C=S) groups is 1. The van der Waals surface area contributed by atoms with E-state index in [0.717, 1.165) is 11.1 Å². The van der Waals surface area contributed by atoms with Crippen LogP contribution in [0.15, 0.2) is 54.6 Å². The zero-order valence-corrected chi connectivity index (χ0v) is 13.9. The molecule has 0 aliphatic carbocycles. The van der Waals surface area contributed by atoms with E-state index in [-0.39, 0.29) is 5.91 Å². The molecule has 0 saturated heterocycles. The highest BCUT2D eigenvalue weighted by Crippen LogP contribution is 2.12. The van der Waals surface area contributed by atoms with Crippen LogP contribution < -0.4 is 5.32 Å². The average molecular weight is 331 g/mol. The molecule has 0 aliphatic rings. The average Bonchev–Trinajstić information content (AvgIpc) is 2.58. The quantitative estimate of drug-likeness (QED) is 0.846. The van der Waals surface area contributed by atoms with Gasteiger partial charge in [0, 0.05) is 17.7 Å². The molecule has 5 heteroatoms. The highest BCUT2D eigenvalue weighted by Gasteiger charge is 2.11. The molecule has 0 saturated carbocycles. The van der Waals surface area contributed by atoms with Crippen LogP contribution in [0.4, 0.5) is 0 Å². The fraction of sp³-hybridized carbons (Fsp3) is 0.176. The number of carbonyl (C=O) groups is 1. The lowest BCUT2D eigenvalue weighted by molar-refractivity contribution is 0.0948. The summed E-state index contributed by atoms with van der Waals surface area (Å²) in [6, 6.07) is 17.2. The van der Waals surface area contributed by atoms with E-state index in [1.165, 1.54) is 11.8 Å². The second-order valence-electron chi connectivity index (χ2n) is 4.57. The summed E-state index contributed by atoms with van der Waals surface area (Å²) in [5.74, 6) is -0.113. The van der Waals surface area contributed by atoms with Crippen molar-refractivity contribution in [1.82, 2.24) is 5.32 Å². The number of hydrogen-bond acceptors (Lipinski definition) is 4. The third kappa shape index (κ3) is 4.86. The lowest BCUT2D eigenvalue weighted by Crippen LogP contribution is -2.24. The molecule has 2 aromatic carbocycles. The Labute approximate surface area is 140 Å². The highest BCUT2D eigenvalue weighted by atomic mass is 32.2. The summed E-state index contributed by atoms with van der Waals surface area (Å²) in [5, 5.41) is 2.92. The van der Waals surface area contributed by atoms with Crippen molar-refractivity contribution in [2.24, 2.45) is 0 Å². The number of thioether (sulfide) groups is 1. The number of amides is 1. The molecule has 3 nitrogen and oxygen atoms in total. The van der Waals surface area contributed by atoms with E-state index in [4.69, 9.17) is 17.0 Å². The van der Waals surface area contributed by atoms with E-state index < -0.39 is 0 Å². The minimum Gasteiger partial charge on any atom is -0.474 e. The Hall–Kier alpha value is -1.85. The van der Waals surface area contributed by atoms with Crippen LogP contribution in [-0.2, 0) is 17.9 Å². The Morgan fingerprint density at radius 3 is 2.55 bits per heavy atom. The van der Waals surface area contributed by atoms with E-state index in [1.54, 1.807) is 6.07 Å². The first-order valence-electron chi connectivity index (χ1n) is 6.81. The van der Waals surface area contributed by atoms with Gasteiger partial charge in [-0.25, -0.2) is 0 Å². The number of benzene rings is 2. The predicted molar refractivity (Wildman–Crippen MR) is 95.0 cm³/mol. The van der Waals surface area contributed by atoms with Gasteiger partial charge in [0.05, 0.1) is 0 Å². The van der Waals surface area contributed by atoms with Gasteiger partial charge in [-0.3, -0.25) is 4.79 Å². The van der Waals surface area contributed by atoms with E-state index in [0.29, 0.717) is 23.1 Å². The third-order valence-corrected chi connectivity index (χ3v) is 4.14. The van der Waals surface area contributed by atoms with Gasteiger partial charge in [-0.2, -0.15) is 0 Å². The van der Waals surface area contributed by atoms with Crippen LogP contribution in [0.1, 0.15) is 21.5 Å². The zero-order chi connectivity index (χ0) is 15.8. The summed E-state index contributed by atoms with van der Waals surface area (Å²) in [4.78, 5) is 12.3. The van der Waals surface area contributed by atoms with E-state index in [9.17, 15) is 4.79 Å². The van der Waals surface area contributed by atoms with Gasteiger partial charge in [0.1, 0.15) is 6.61 Å². The summed E-state index contributed by atoms with van der Waals surface area (Å²) < 4.78 is 5.92. The summed E-state index contributed by atoms with van der Waals surface area (Å²) >= 11 is 6.39. The second-order valence-corrected chi connectivity index (χ2v) is 5.98. The first kappa shape index (κ1) is 16.5. The van der Waals surface area contributed by atoms with Crippen molar-refractivity contribution in [3.63, 3.8) is 0 Å². The molecule has 1 amide bonds. The Kier molecular flexibility index (Phi) is 6.43. The maximum Gasteiger partial charge on any atom is 0.251 e. The molecular formula is C17H17NO2S2. The number of nitrogens with one attached hydrogen (secondary N) is 1. The molecule has 1 N–H and O–H groups in total. The standard InChI is InChI=1S/C17H17NO2S2/c1-22-17(21)20-12-14-9-5-6-10-15(14)16(19)18-11-13-7-3-2-4-8-13/h2-10H,11-12H2,1H3,(H,18,19). The monoisotopic (exact) mass is 331 g/mol. The topological polar surface area (TPSA) is 38.3 Å². The van der Waals surface area contributed by atoms with Gasteiger partial charge in [-0.1, -0.05) is 60.3 Å². The Balaban J connectivity index is 2.01. The molecular weight excluding hydrogens is 314 g/mol. The molecule has 2 aromatic rings. The smallest absolute Gasteiger partial charge is 0.251 e. The zero-order valence-electron chi connectivity index (χ0n) is 12.2. The molecule has 0 spiro atoms. The van der Waals surface area contributed by atoms with E-state index in [2.05, 4.69) is 5.32 Å². The third-order valence-electron chi connectivity index (χ3n) is 3.07. The van der Waals surface area contributed by atoms with Gasteiger partial charge in [0.2, 0.25) is 4.38 Å². The maximum atomic E-state index is 12.3. The molecule has 114 valence electrons. The van der Waals surface area contributed by atoms with Crippen molar-refractivity contribution >= 4 is 34.3 Å². The van der Waals surface area contributed by atoms with Gasteiger partial charge < -0.3 is 10.1 Å². The van der Waals surface area contributed by atoms with Crippen LogP contribution in [0.5, 0.6) is 0 Å². The normalized spacial score (nSPS) is 10.0. The SMILES string of the molecule is CSC(=S)OCc1ccccc1C(=O)NCc1ccccc1. The Bertz CT molecular complexity index is 644. The number of hydrogen-bond donors (Lipinski definition) is 1. The molecule has 0 aliphatic heterocycles. The molecule has 0 unspecified atom stereocenters. The van der Waals surface area contributed by atoms with Gasteiger partial charge in [-0.15, -0.1) is 0 Å². The largest absolute Gasteiger partial charge is 0.474 e. The Morgan fingerprint density at radius 1 is 1.14 bits per heavy atom. The van der Waals surface area contributed by atoms with Crippen LogP contribution in [0.25, 0.3) is 0 Å². The van der Waals surface area contributed by atoms with Crippen molar-refractivity contribution in [2.75, 3.05) is 6.26 Å². The molecule has 0 atom stereocenters. The molecule has 0 heterocycles. The van der Waals surface area contributed by atoms with Crippen LogP contribution >= 0.6 is 24.0 Å². The molecule has 0 radical (unpaired) electrons. The number of rotatable bonds is 5. The van der Waals surface area contributed by atoms with E-state index in [1.807, 2.05) is 54.8 Å². The second kappa shape index (κ2) is 8.56. The fourth-order valence-corrected chi connectivity index (χ4v) is 2.17. The lowest BCUT2D eigenvalue weighted by atomic mass is 10.1. The molecule has 0 aromatic heterocycles. The number of carbonyl (C=O) groups excluding carboxylic acids is 1. The summed E-state index contributed by atoms with van der Waals surface area (Å²) in [6.07, 6.45) is 1.86. The Morgan fingerprint density at radius 2 is 1.82 bits per heavy atom. The van der Waals surface area contributed by atoms with Crippen molar-refractivity contribution in [3.05, 3.63) is 71.3 Å². The van der Waals surface area contributed by atoms with Crippen LogP contribution in [-0.4, -0.2) is 16.5 Å². The summed E-state index contributed by atoms with van der Waals surface area (Å²) in [7, 11) is 0. The minimum absolute atomic E-state index is 0.113. The number of ether oxygens (including phenoxy) is 1. The van der Waals surface area contributed by atoms with Gasteiger partial charge in [-0.05, 0) is 30.1 Å². The van der Waals surface area contributed by atoms with Crippen molar-refractivity contribution in [2.45, 2.75) is 13.2 Å². The minimum atomic E-state index is -0.113. The first-order valence-corrected chi connectivity index (χ1v) is 8.45. The maximum absolute atomic E-state index is 12.3. The first-order chi connectivity index (χ1) is 10.7. The van der Waals surface area contributed by atoms with Gasteiger partial charge >= 0.3 is 0 Å². The van der Waals surface area contributed by atoms with Crippen molar-refractivity contribution in [3.8, 4) is 0 Å². The van der Waals surface area contributed by atoms with Gasteiger partial charge in [0.15, 0.2) is 0 Å².